The second-order valence-corrected chi connectivity index (χ2v) is 7.34. The molecule has 0 fully saturated rings. The quantitative estimate of drug-likeness (QED) is 0.655. The zero-order valence-electron chi connectivity index (χ0n) is 15.0. The first-order valence-electron chi connectivity index (χ1n) is 7.50. The summed E-state index contributed by atoms with van der Waals surface area (Å²) in [4.78, 5) is 27.7. The number of aromatic nitrogens is 1. The highest BCUT2D eigenvalue weighted by Gasteiger charge is 2.37. The Labute approximate surface area is 145 Å². The maximum absolute atomic E-state index is 14.1. The number of aliphatic carboxylic acids is 1. The third kappa shape index (κ3) is 5.71. The number of pyridine rings is 1. The minimum atomic E-state index is -1.88. The summed E-state index contributed by atoms with van der Waals surface area (Å²) in [6.07, 6.45) is 0. The van der Waals surface area contributed by atoms with E-state index in [1.54, 1.807) is 47.6 Å². The Bertz CT molecular complexity index is 726. The van der Waals surface area contributed by atoms with Crippen molar-refractivity contribution < 1.29 is 28.6 Å². The van der Waals surface area contributed by atoms with Crippen molar-refractivity contribution in [1.82, 2.24) is 4.98 Å². The van der Waals surface area contributed by atoms with Crippen molar-refractivity contribution >= 4 is 11.9 Å². The number of carbonyl (C=O) groups excluding carboxylic acids is 1. The summed E-state index contributed by atoms with van der Waals surface area (Å²) >= 11 is 0. The standard InChI is InChI=1S/C17H21FN2O5/c1-16(2,3)24-13-10(18)7-9(8-19)12(20-13)11(14(21)22)15(23)25-17(4,5)6/h7,11H,1-6H3,(H,21,22). The van der Waals surface area contributed by atoms with Crippen LogP contribution in [0.15, 0.2) is 6.07 Å². The van der Waals surface area contributed by atoms with E-state index in [1.165, 1.54) is 0 Å². The van der Waals surface area contributed by atoms with Crippen LogP contribution >= 0.6 is 0 Å². The number of hydrogen-bond acceptors (Lipinski definition) is 6. The maximum Gasteiger partial charge on any atom is 0.327 e. The van der Waals surface area contributed by atoms with Crippen molar-refractivity contribution in [2.75, 3.05) is 0 Å². The van der Waals surface area contributed by atoms with Crippen molar-refractivity contribution in [3.05, 3.63) is 23.1 Å². The van der Waals surface area contributed by atoms with Gasteiger partial charge in [0.15, 0.2) is 11.7 Å². The molecule has 1 rings (SSSR count). The first-order valence-corrected chi connectivity index (χ1v) is 7.50. The third-order valence-corrected chi connectivity index (χ3v) is 2.66. The number of esters is 1. The van der Waals surface area contributed by atoms with Crippen LogP contribution in [0.1, 0.15) is 58.7 Å². The van der Waals surface area contributed by atoms with E-state index < -0.39 is 46.4 Å². The van der Waals surface area contributed by atoms with Gasteiger partial charge in [0.2, 0.25) is 0 Å². The van der Waals surface area contributed by atoms with Gasteiger partial charge in [0.05, 0.1) is 11.3 Å². The number of carboxylic acids is 1. The van der Waals surface area contributed by atoms with Gasteiger partial charge in [-0.3, -0.25) is 9.59 Å². The van der Waals surface area contributed by atoms with Crippen LogP contribution in [0.4, 0.5) is 4.39 Å². The number of halogens is 1. The second-order valence-electron chi connectivity index (χ2n) is 7.34. The van der Waals surface area contributed by atoms with E-state index in [9.17, 15) is 19.1 Å². The van der Waals surface area contributed by atoms with Gasteiger partial charge in [-0.1, -0.05) is 0 Å². The number of ether oxygens (including phenoxy) is 2. The lowest BCUT2D eigenvalue weighted by Crippen LogP contribution is -2.32. The maximum atomic E-state index is 14.1. The average Bonchev–Trinajstić information content (AvgIpc) is 2.38. The Hall–Kier alpha value is -2.69. The summed E-state index contributed by atoms with van der Waals surface area (Å²) in [5.74, 6) is -5.96. The lowest BCUT2D eigenvalue weighted by atomic mass is 10.00. The normalized spacial score (nSPS) is 12.9. The summed E-state index contributed by atoms with van der Waals surface area (Å²) in [7, 11) is 0. The zero-order valence-corrected chi connectivity index (χ0v) is 15.0. The Morgan fingerprint density at radius 2 is 1.80 bits per heavy atom. The van der Waals surface area contributed by atoms with Crippen molar-refractivity contribution in [2.45, 2.75) is 58.7 Å². The first-order chi connectivity index (χ1) is 11.2. The predicted molar refractivity (Wildman–Crippen MR) is 85.5 cm³/mol. The van der Waals surface area contributed by atoms with Crippen LogP contribution in [-0.4, -0.2) is 33.2 Å². The smallest absolute Gasteiger partial charge is 0.327 e. The summed E-state index contributed by atoms with van der Waals surface area (Å²) in [5, 5.41) is 18.6. The van der Waals surface area contributed by atoms with Crippen molar-refractivity contribution in [1.29, 1.82) is 5.26 Å². The number of nitrogens with zero attached hydrogens (tertiary/aromatic N) is 2. The van der Waals surface area contributed by atoms with Crippen LogP contribution in [0.3, 0.4) is 0 Å². The number of carboxylic acid groups (broad SMARTS) is 1. The molecule has 1 heterocycles. The molecule has 7 nitrogen and oxygen atoms in total. The topological polar surface area (TPSA) is 110 Å². The summed E-state index contributed by atoms with van der Waals surface area (Å²) in [6.45, 7) is 9.65. The van der Waals surface area contributed by atoms with E-state index in [0.717, 1.165) is 6.07 Å². The molecule has 1 aromatic heterocycles. The lowest BCUT2D eigenvalue weighted by molar-refractivity contribution is -0.162. The number of carbonyl (C=O) groups is 2. The van der Waals surface area contributed by atoms with Gasteiger partial charge in [-0.2, -0.15) is 5.26 Å². The number of hydrogen-bond donors (Lipinski definition) is 1. The van der Waals surface area contributed by atoms with Gasteiger partial charge in [0.25, 0.3) is 5.88 Å². The molecule has 1 aromatic rings. The Morgan fingerprint density at radius 1 is 1.24 bits per heavy atom. The van der Waals surface area contributed by atoms with E-state index in [2.05, 4.69) is 4.98 Å². The van der Waals surface area contributed by atoms with Crippen LogP contribution in [0.25, 0.3) is 0 Å². The highest BCUT2D eigenvalue weighted by atomic mass is 19.1. The third-order valence-electron chi connectivity index (χ3n) is 2.66. The van der Waals surface area contributed by atoms with Crippen LogP contribution in [0.2, 0.25) is 0 Å². The zero-order chi connectivity index (χ0) is 19.6. The monoisotopic (exact) mass is 352 g/mol. The van der Waals surface area contributed by atoms with Crippen LogP contribution in [0, 0.1) is 17.1 Å². The van der Waals surface area contributed by atoms with Crippen LogP contribution < -0.4 is 4.74 Å². The number of rotatable bonds is 4. The fourth-order valence-corrected chi connectivity index (χ4v) is 1.85. The molecule has 136 valence electrons. The Morgan fingerprint density at radius 3 is 2.20 bits per heavy atom. The molecule has 0 aliphatic rings. The summed E-state index contributed by atoms with van der Waals surface area (Å²) in [6, 6.07) is 2.45. The average molecular weight is 352 g/mol. The lowest BCUT2D eigenvalue weighted by Gasteiger charge is -2.24. The minimum absolute atomic E-state index is 0.378. The molecule has 0 amide bonds. The van der Waals surface area contributed by atoms with Crippen molar-refractivity contribution in [3.8, 4) is 11.9 Å². The molecular formula is C17H21FN2O5. The highest BCUT2D eigenvalue weighted by molar-refractivity contribution is 6.00. The van der Waals surface area contributed by atoms with Gasteiger partial charge in [0.1, 0.15) is 17.3 Å². The molecule has 0 saturated heterocycles. The van der Waals surface area contributed by atoms with Gasteiger partial charge in [-0.05, 0) is 47.6 Å². The van der Waals surface area contributed by atoms with Gasteiger partial charge in [0, 0.05) is 0 Å². The summed E-state index contributed by atoms with van der Waals surface area (Å²) < 4.78 is 24.5. The van der Waals surface area contributed by atoms with Crippen molar-refractivity contribution in [2.24, 2.45) is 0 Å². The molecule has 25 heavy (non-hydrogen) atoms. The van der Waals surface area contributed by atoms with Crippen LogP contribution in [0.5, 0.6) is 5.88 Å². The molecular weight excluding hydrogens is 331 g/mol. The van der Waals surface area contributed by atoms with Gasteiger partial charge in [-0.25, -0.2) is 9.37 Å². The fourth-order valence-electron chi connectivity index (χ4n) is 1.85. The van der Waals surface area contributed by atoms with E-state index in [-0.39, 0.29) is 5.56 Å². The molecule has 0 radical (unpaired) electrons. The second kappa shape index (κ2) is 7.05. The minimum Gasteiger partial charge on any atom is -0.480 e. The van der Waals surface area contributed by atoms with Crippen molar-refractivity contribution in [3.63, 3.8) is 0 Å². The van der Waals surface area contributed by atoms with E-state index >= 15 is 0 Å². The summed E-state index contributed by atoms with van der Waals surface area (Å²) in [5.41, 5.74) is -2.56. The molecule has 1 unspecified atom stereocenters. The number of nitriles is 1. The molecule has 0 spiro atoms. The predicted octanol–water partition coefficient (Wildman–Crippen LogP) is 2.78. The highest BCUT2D eigenvalue weighted by Crippen LogP contribution is 2.28. The Balaban J connectivity index is 3.48. The largest absolute Gasteiger partial charge is 0.480 e. The molecule has 0 aliphatic carbocycles. The molecule has 0 aliphatic heterocycles. The molecule has 0 bridgehead atoms. The molecule has 0 saturated carbocycles. The van der Waals surface area contributed by atoms with Gasteiger partial charge in [-0.15, -0.1) is 0 Å². The van der Waals surface area contributed by atoms with E-state index in [0.29, 0.717) is 0 Å². The van der Waals surface area contributed by atoms with Gasteiger partial charge >= 0.3 is 11.9 Å². The first kappa shape index (κ1) is 20.4. The Kier molecular flexibility index (Phi) is 5.74. The molecule has 1 atom stereocenters. The fraction of sp³-hybridized carbons (Fsp3) is 0.529. The molecule has 1 N–H and O–H groups in total. The van der Waals surface area contributed by atoms with E-state index in [4.69, 9.17) is 14.7 Å². The van der Waals surface area contributed by atoms with Gasteiger partial charge < -0.3 is 14.6 Å². The van der Waals surface area contributed by atoms with Crippen LogP contribution in [-0.2, 0) is 14.3 Å². The SMILES string of the molecule is CC(C)(C)OC(=O)C(C(=O)O)c1nc(OC(C)(C)C)c(F)cc1C#N. The molecule has 0 aromatic carbocycles. The van der Waals surface area contributed by atoms with E-state index in [1.807, 2.05) is 0 Å². The molecule has 8 heteroatoms.